The molecule has 1 aromatic rings. The molecule has 2 N–H and O–H groups in total. The van der Waals surface area contributed by atoms with Crippen LogP contribution in [0.2, 0.25) is 0 Å². The number of nitrogens with zero attached hydrogens (tertiary/aromatic N) is 1. The first kappa shape index (κ1) is 14.5. The highest BCUT2D eigenvalue weighted by molar-refractivity contribution is 7.10. The summed E-state index contributed by atoms with van der Waals surface area (Å²) < 4.78 is 0. The maximum atomic E-state index is 12.5. The minimum atomic E-state index is -0.353. The molecule has 1 aromatic heterocycles. The summed E-state index contributed by atoms with van der Waals surface area (Å²) in [7, 11) is 0. The Morgan fingerprint density at radius 2 is 2.32 bits per heavy atom. The molecule has 1 amide bonds. The molecule has 2 heterocycles. The Morgan fingerprint density at radius 3 is 2.95 bits per heavy atom. The molecule has 106 valence electrons. The SMILES string of the molecule is CCC1c2ccsc2CCN1C(=O)[C@H](N)CC(C)C. The van der Waals surface area contributed by atoms with Crippen molar-refractivity contribution in [1.82, 2.24) is 4.90 Å². The molecule has 3 nitrogen and oxygen atoms in total. The molecule has 0 spiro atoms. The topological polar surface area (TPSA) is 46.3 Å². The molecular weight excluding hydrogens is 256 g/mol. The zero-order chi connectivity index (χ0) is 14.0. The van der Waals surface area contributed by atoms with E-state index >= 15 is 0 Å². The number of nitrogens with two attached hydrogens (primary N) is 1. The Kier molecular flexibility index (Phi) is 4.63. The average molecular weight is 280 g/mol. The smallest absolute Gasteiger partial charge is 0.240 e. The third-order valence-corrected chi connectivity index (χ3v) is 4.80. The summed E-state index contributed by atoms with van der Waals surface area (Å²) in [5.74, 6) is 0.581. The van der Waals surface area contributed by atoms with Crippen LogP contribution >= 0.6 is 11.3 Å². The maximum absolute atomic E-state index is 12.5. The van der Waals surface area contributed by atoms with Gasteiger partial charge in [0.05, 0.1) is 12.1 Å². The van der Waals surface area contributed by atoms with Crippen LogP contribution in [0, 0.1) is 5.92 Å². The number of hydrogen-bond donors (Lipinski definition) is 1. The van der Waals surface area contributed by atoms with Gasteiger partial charge >= 0.3 is 0 Å². The summed E-state index contributed by atoms with van der Waals surface area (Å²) in [6.45, 7) is 7.18. The zero-order valence-corrected chi connectivity index (χ0v) is 12.9. The Hall–Kier alpha value is -0.870. The van der Waals surface area contributed by atoms with E-state index in [9.17, 15) is 4.79 Å². The lowest BCUT2D eigenvalue weighted by Crippen LogP contribution is -2.48. The van der Waals surface area contributed by atoms with E-state index in [1.807, 2.05) is 16.2 Å². The highest BCUT2D eigenvalue weighted by atomic mass is 32.1. The predicted molar refractivity (Wildman–Crippen MR) is 80.2 cm³/mol. The molecule has 0 aromatic carbocycles. The fourth-order valence-electron chi connectivity index (χ4n) is 2.92. The second-order valence-electron chi connectivity index (χ2n) is 5.74. The summed E-state index contributed by atoms with van der Waals surface area (Å²) in [6.07, 6.45) is 2.70. The van der Waals surface area contributed by atoms with E-state index in [0.29, 0.717) is 5.92 Å². The Balaban J connectivity index is 2.14. The Bertz CT molecular complexity index is 441. The lowest BCUT2D eigenvalue weighted by Gasteiger charge is -2.37. The summed E-state index contributed by atoms with van der Waals surface area (Å²) in [5, 5.41) is 2.13. The van der Waals surface area contributed by atoms with Gasteiger partial charge < -0.3 is 10.6 Å². The van der Waals surface area contributed by atoms with E-state index in [1.54, 1.807) is 0 Å². The van der Waals surface area contributed by atoms with Crippen molar-refractivity contribution < 1.29 is 4.79 Å². The van der Waals surface area contributed by atoms with Gasteiger partial charge in [-0.1, -0.05) is 20.8 Å². The lowest BCUT2D eigenvalue weighted by atomic mass is 9.95. The molecule has 1 unspecified atom stereocenters. The molecule has 2 atom stereocenters. The lowest BCUT2D eigenvalue weighted by molar-refractivity contribution is -0.136. The van der Waals surface area contributed by atoms with Gasteiger partial charge in [0.1, 0.15) is 0 Å². The molecule has 0 aliphatic carbocycles. The van der Waals surface area contributed by atoms with Crippen molar-refractivity contribution in [3.05, 3.63) is 21.9 Å². The van der Waals surface area contributed by atoms with Crippen molar-refractivity contribution in [3.63, 3.8) is 0 Å². The molecule has 19 heavy (non-hydrogen) atoms. The maximum Gasteiger partial charge on any atom is 0.240 e. The highest BCUT2D eigenvalue weighted by Crippen LogP contribution is 2.35. The molecule has 1 aliphatic rings. The van der Waals surface area contributed by atoms with E-state index in [1.165, 1.54) is 10.4 Å². The number of hydrogen-bond acceptors (Lipinski definition) is 3. The first-order chi connectivity index (χ1) is 9.04. The summed E-state index contributed by atoms with van der Waals surface area (Å²) in [6, 6.07) is 2.04. The second-order valence-corrected chi connectivity index (χ2v) is 6.74. The fraction of sp³-hybridized carbons (Fsp3) is 0.667. The monoisotopic (exact) mass is 280 g/mol. The average Bonchev–Trinajstić information content (AvgIpc) is 2.83. The highest BCUT2D eigenvalue weighted by Gasteiger charge is 2.32. The van der Waals surface area contributed by atoms with Gasteiger partial charge in [0.25, 0.3) is 0 Å². The van der Waals surface area contributed by atoms with Gasteiger partial charge in [-0.3, -0.25) is 4.79 Å². The van der Waals surface area contributed by atoms with E-state index in [4.69, 9.17) is 5.73 Å². The van der Waals surface area contributed by atoms with Crippen LogP contribution in [0.5, 0.6) is 0 Å². The first-order valence-electron chi connectivity index (χ1n) is 7.16. The molecule has 0 fully saturated rings. The third-order valence-electron chi connectivity index (χ3n) is 3.81. The third kappa shape index (κ3) is 3.00. The number of carbonyl (C=O) groups excluding carboxylic acids is 1. The van der Waals surface area contributed by atoms with Crippen LogP contribution in [-0.2, 0) is 11.2 Å². The minimum absolute atomic E-state index is 0.123. The number of carbonyl (C=O) groups is 1. The van der Waals surface area contributed by atoms with E-state index in [2.05, 4.69) is 32.2 Å². The van der Waals surface area contributed by atoms with Crippen LogP contribution in [-0.4, -0.2) is 23.4 Å². The van der Waals surface area contributed by atoms with Crippen LogP contribution in [0.15, 0.2) is 11.4 Å². The molecule has 0 saturated heterocycles. The van der Waals surface area contributed by atoms with Gasteiger partial charge in [0, 0.05) is 11.4 Å². The van der Waals surface area contributed by atoms with E-state index in [0.717, 1.165) is 25.8 Å². The van der Waals surface area contributed by atoms with Gasteiger partial charge in [-0.05, 0) is 42.2 Å². The zero-order valence-electron chi connectivity index (χ0n) is 12.1. The molecule has 0 bridgehead atoms. The normalized spacial score (nSPS) is 20.5. The van der Waals surface area contributed by atoms with Gasteiger partial charge in [-0.15, -0.1) is 11.3 Å². The summed E-state index contributed by atoms with van der Waals surface area (Å²) >= 11 is 1.81. The second kappa shape index (κ2) is 6.06. The number of fused-ring (bicyclic) bond motifs is 1. The van der Waals surface area contributed by atoms with Crippen molar-refractivity contribution in [3.8, 4) is 0 Å². The van der Waals surface area contributed by atoms with Gasteiger partial charge in [0.15, 0.2) is 0 Å². The Labute approximate surface area is 119 Å². The van der Waals surface area contributed by atoms with Crippen LogP contribution in [0.3, 0.4) is 0 Å². The molecule has 2 rings (SSSR count). The van der Waals surface area contributed by atoms with Crippen LogP contribution < -0.4 is 5.73 Å². The van der Waals surface area contributed by atoms with E-state index < -0.39 is 0 Å². The minimum Gasteiger partial charge on any atom is -0.334 e. The summed E-state index contributed by atoms with van der Waals surface area (Å²) in [4.78, 5) is 16.0. The standard InChI is InChI=1S/C15H24N2OS/c1-4-13-11-6-8-19-14(11)5-7-17(13)15(18)12(16)9-10(2)3/h6,8,10,12-13H,4-5,7,9,16H2,1-3H3/t12-,13?/m1/s1. The largest absolute Gasteiger partial charge is 0.334 e. The van der Waals surface area contributed by atoms with Crippen molar-refractivity contribution in [2.24, 2.45) is 11.7 Å². The fourth-order valence-corrected chi connectivity index (χ4v) is 3.85. The van der Waals surface area contributed by atoms with Gasteiger partial charge in [-0.2, -0.15) is 0 Å². The first-order valence-corrected chi connectivity index (χ1v) is 8.04. The van der Waals surface area contributed by atoms with Crippen LogP contribution in [0.4, 0.5) is 0 Å². The Morgan fingerprint density at radius 1 is 1.58 bits per heavy atom. The predicted octanol–water partition coefficient (Wildman–Crippen LogP) is 2.96. The summed E-state index contributed by atoms with van der Waals surface area (Å²) in [5.41, 5.74) is 7.41. The number of thiophene rings is 1. The van der Waals surface area contributed by atoms with Crippen molar-refractivity contribution in [1.29, 1.82) is 0 Å². The molecular formula is C15H24N2OS. The van der Waals surface area contributed by atoms with Crippen molar-refractivity contribution in [2.75, 3.05) is 6.54 Å². The van der Waals surface area contributed by atoms with Crippen LogP contribution in [0.25, 0.3) is 0 Å². The molecule has 1 aliphatic heterocycles. The number of rotatable bonds is 4. The number of amides is 1. The molecule has 0 radical (unpaired) electrons. The molecule has 0 saturated carbocycles. The van der Waals surface area contributed by atoms with Crippen molar-refractivity contribution >= 4 is 17.2 Å². The van der Waals surface area contributed by atoms with Crippen molar-refractivity contribution in [2.45, 2.75) is 52.1 Å². The van der Waals surface area contributed by atoms with Gasteiger partial charge in [0.2, 0.25) is 5.91 Å². The van der Waals surface area contributed by atoms with Crippen LogP contribution in [0.1, 0.15) is 50.1 Å². The molecule has 4 heteroatoms. The van der Waals surface area contributed by atoms with E-state index in [-0.39, 0.29) is 18.0 Å². The quantitative estimate of drug-likeness (QED) is 0.921. The van der Waals surface area contributed by atoms with Gasteiger partial charge in [-0.25, -0.2) is 0 Å².